The predicted molar refractivity (Wildman–Crippen MR) is 92.2 cm³/mol. The molecule has 146 valence electrons. The molecular formula is C16H22N6O5. The van der Waals surface area contributed by atoms with Gasteiger partial charge in [0.15, 0.2) is 29.6 Å². The van der Waals surface area contributed by atoms with Crippen LogP contribution in [0.3, 0.4) is 0 Å². The van der Waals surface area contributed by atoms with Gasteiger partial charge in [0.2, 0.25) is 0 Å². The van der Waals surface area contributed by atoms with Crippen LogP contribution in [0.15, 0.2) is 12.7 Å². The Morgan fingerprint density at radius 3 is 2.85 bits per heavy atom. The number of amides is 1. The Hall–Kier alpha value is -2.34. The lowest BCUT2D eigenvalue weighted by atomic mass is 10.0. The second-order valence-electron chi connectivity index (χ2n) is 6.98. The molecule has 2 aliphatic rings. The fraction of sp³-hybridized carbons (Fsp3) is 0.625. The number of aromatic nitrogens is 4. The van der Waals surface area contributed by atoms with E-state index >= 15 is 0 Å². The maximum absolute atomic E-state index is 12.1. The Labute approximate surface area is 154 Å². The number of likely N-dealkylation sites (N-methyl/N-ethyl adjacent to an activating group) is 1. The molecule has 1 unspecified atom stereocenters. The van der Waals surface area contributed by atoms with Crippen LogP contribution in [0.2, 0.25) is 0 Å². The van der Waals surface area contributed by atoms with Crippen molar-refractivity contribution in [1.82, 2.24) is 24.8 Å². The highest BCUT2D eigenvalue weighted by atomic mass is 16.8. The summed E-state index contributed by atoms with van der Waals surface area (Å²) < 4.78 is 19.6. The summed E-state index contributed by atoms with van der Waals surface area (Å²) in [6, 6.07) is 0. The van der Waals surface area contributed by atoms with Crippen molar-refractivity contribution in [2.75, 3.05) is 12.3 Å². The minimum Gasteiger partial charge on any atom is -0.382 e. The fourth-order valence-electron chi connectivity index (χ4n) is 3.57. The first-order chi connectivity index (χ1) is 12.8. The van der Waals surface area contributed by atoms with E-state index in [4.69, 9.17) is 19.9 Å². The Kier molecular flexibility index (Phi) is 4.26. The number of aliphatic hydroxyl groups excluding tert-OH is 1. The van der Waals surface area contributed by atoms with Crippen molar-refractivity contribution in [2.24, 2.45) is 0 Å². The monoisotopic (exact) mass is 378 g/mol. The molecule has 0 spiro atoms. The minimum atomic E-state index is -1.41. The van der Waals surface area contributed by atoms with Crippen LogP contribution in [0, 0.1) is 0 Å². The van der Waals surface area contributed by atoms with Gasteiger partial charge in [-0.2, -0.15) is 0 Å². The molecule has 11 nitrogen and oxygen atoms in total. The number of rotatable bonds is 4. The Morgan fingerprint density at radius 1 is 1.37 bits per heavy atom. The number of anilines is 1. The smallest absolute Gasteiger partial charge is 0.251 e. The number of hydrogen-bond acceptors (Lipinski definition) is 9. The van der Waals surface area contributed by atoms with Gasteiger partial charge in [-0.15, -0.1) is 0 Å². The molecule has 0 saturated carbocycles. The third-order valence-electron chi connectivity index (χ3n) is 4.66. The van der Waals surface area contributed by atoms with E-state index in [1.165, 1.54) is 12.7 Å². The standard InChI is InChI=1S/C16H22N6O5/c1-4-18-14(24)8(23)9-10-11(27-16(2,3)26-10)15(25-9)22-6-21-7-12(17)19-5-20-13(7)22/h5-6,8-11,15,23H,4H2,1-3H3,(H,18,24)(H2,17,19,20)/t8?,9-,10-,11-,15-/m1/s1. The number of aliphatic hydroxyl groups is 1. The van der Waals surface area contributed by atoms with Gasteiger partial charge < -0.3 is 30.4 Å². The first kappa shape index (κ1) is 18.0. The fourth-order valence-corrected chi connectivity index (χ4v) is 3.57. The average Bonchev–Trinajstić information content (AvgIpc) is 3.25. The second kappa shape index (κ2) is 6.37. The summed E-state index contributed by atoms with van der Waals surface area (Å²) in [5, 5.41) is 13.1. The topological polar surface area (TPSA) is 147 Å². The molecule has 2 aliphatic heterocycles. The highest BCUT2D eigenvalue weighted by Crippen LogP contribution is 2.44. The van der Waals surface area contributed by atoms with Crippen molar-refractivity contribution in [3.63, 3.8) is 0 Å². The van der Waals surface area contributed by atoms with E-state index in [0.717, 1.165) is 0 Å². The van der Waals surface area contributed by atoms with Gasteiger partial charge in [0.05, 0.1) is 6.33 Å². The molecule has 4 rings (SSSR count). The van der Waals surface area contributed by atoms with Crippen molar-refractivity contribution >= 4 is 22.9 Å². The predicted octanol–water partition coefficient (Wildman–Crippen LogP) is -0.677. The third kappa shape index (κ3) is 2.92. The Bertz CT molecular complexity index is 870. The lowest BCUT2D eigenvalue weighted by molar-refractivity contribution is -0.207. The molecule has 11 heteroatoms. The van der Waals surface area contributed by atoms with Crippen molar-refractivity contribution in [2.45, 2.75) is 57.2 Å². The van der Waals surface area contributed by atoms with Crippen molar-refractivity contribution in [3.05, 3.63) is 12.7 Å². The lowest BCUT2D eigenvalue weighted by Crippen LogP contribution is -2.47. The number of nitrogen functional groups attached to an aromatic ring is 1. The number of carbonyl (C=O) groups is 1. The number of imidazole rings is 1. The summed E-state index contributed by atoms with van der Waals surface area (Å²) in [5.41, 5.74) is 6.75. The summed E-state index contributed by atoms with van der Waals surface area (Å²) in [6.45, 7) is 5.70. The zero-order valence-electron chi connectivity index (χ0n) is 15.2. The number of carbonyl (C=O) groups excluding carboxylic acids is 1. The quantitative estimate of drug-likeness (QED) is 0.630. The Balaban J connectivity index is 1.71. The van der Waals surface area contributed by atoms with E-state index in [1.54, 1.807) is 25.3 Å². The van der Waals surface area contributed by atoms with Gasteiger partial charge in [-0.3, -0.25) is 9.36 Å². The van der Waals surface area contributed by atoms with E-state index in [0.29, 0.717) is 17.7 Å². The number of fused-ring (bicyclic) bond motifs is 2. The van der Waals surface area contributed by atoms with Crippen LogP contribution >= 0.6 is 0 Å². The molecule has 4 heterocycles. The summed E-state index contributed by atoms with van der Waals surface area (Å²) in [7, 11) is 0. The van der Waals surface area contributed by atoms with Crippen molar-refractivity contribution in [3.8, 4) is 0 Å². The molecule has 2 fully saturated rings. The molecule has 2 aromatic heterocycles. The molecule has 0 bridgehead atoms. The molecule has 2 aromatic rings. The molecule has 0 radical (unpaired) electrons. The lowest BCUT2D eigenvalue weighted by Gasteiger charge is -2.26. The maximum Gasteiger partial charge on any atom is 0.251 e. The normalized spacial score (nSPS) is 30.4. The first-order valence-corrected chi connectivity index (χ1v) is 8.72. The van der Waals surface area contributed by atoms with Gasteiger partial charge in [0, 0.05) is 6.54 Å². The van der Waals surface area contributed by atoms with E-state index in [9.17, 15) is 9.90 Å². The van der Waals surface area contributed by atoms with Gasteiger partial charge in [0.25, 0.3) is 5.91 Å². The molecule has 27 heavy (non-hydrogen) atoms. The number of nitrogens with two attached hydrogens (primary N) is 1. The largest absolute Gasteiger partial charge is 0.382 e. The first-order valence-electron chi connectivity index (χ1n) is 8.72. The van der Waals surface area contributed by atoms with Crippen LogP contribution in [0.25, 0.3) is 11.2 Å². The number of nitrogens with one attached hydrogen (secondary N) is 1. The third-order valence-corrected chi connectivity index (χ3v) is 4.66. The number of ether oxygens (including phenoxy) is 3. The molecule has 2 saturated heterocycles. The van der Waals surface area contributed by atoms with Crippen molar-refractivity contribution < 1.29 is 24.1 Å². The minimum absolute atomic E-state index is 0.246. The van der Waals surface area contributed by atoms with Gasteiger partial charge in [-0.25, -0.2) is 15.0 Å². The summed E-state index contributed by atoms with van der Waals surface area (Å²) >= 11 is 0. The van der Waals surface area contributed by atoms with E-state index < -0.39 is 42.3 Å². The summed E-state index contributed by atoms with van der Waals surface area (Å²) in [5.74, 6) is -1.17. The maximum atomic E-state index is 12.1. The van der Waals surface area contributed by atoms with Crippen LogP contribution in [0.1, 0.15) is 27.0 Å². The number of nitrogens with zero attached hydrogens (tertiary/aromatic N) is 4. The summed E-state index contributed by atoms with van der Waals surface area (Å²) in [6.07, 6.45) is -1.38. The van der Waals surface area contributed by atoms with Crippen LogP contribution in [0.4, 0.5) is 5.82 Å². The highest BCUT2D eigenvalue weighted by molar-refractivity contribution is 5.82. The zero-order chi connectivity index (χ0) is 19.3. The van der Waals surface area contributed by atoms with Gasteiger partial charge in [-0.1, -0.05) is 0 Å². The van der Waals surface area contributed by atoms with Crippen LogP contribution in [0.5, 0.6) is 0 Å². The summed E-state index contributed by atoms with van der Waals surface area (Å²) in [4.78, 5) is 24.5. The Morgan fingerprint density at radius 2 is 2.11 bits per heavy atom. The molecular weight excluding hydrogens is 356 g/mol. The van der Waals surface area contributed by atoms with Crippen LogP contribution < -0.4 is 11.1 Å². The average molecular weight is 378 g/mol. The van der Waals surface area contributed by atoms with Gasteiger partial charge in [-0.05, 0) is 20.8 Å². The van der Waals surface area contributed by atoms with E-state index in [1.807, 2.05) is 0 Å². The molecule has 4 N–H and O–H groups in total. The van der Waals surface area contributed by atoms with E-state index in [-0.39, 0.29) is 5.82 Å². The number of hydrogen-bond donors (Lipinski definition) is 3. The van der Waals surface area contributed by atoms with Crippen LogP contribution in [-0.2, 0) is 19.0 Å². The highest BCUT2D eigenvalue weighted by Gasteiger charge is 2.58. The second-order valence-corrected chi connectivity index (χ2v) is 6.98. The SMILES string of the molecule is CCNC(=O)C(O)[C@H]1O[C@@H](n2cnc3c(N)ncnc32)[C@@H]2OC(C)(C)O[C@@H]21. The zero-order valence-corrected chi connectivity index (χ0v) is 15.2. The molecule has 0 aliphatic carbocycles. The van der Waals surface area contributed by atoms with Crippen molar-refractivity contribution in [1.29, 1.82) is 0 Å². The molecule has 0 aromatic carbocycles. The van der Waals surface area contributed by atoms with Gasteiger partial charge in [0.1, 0.15) is 30.2 Å². The van der Waals surface area contributed by atoms with Crippen LogP contribution in [-0.4, -0.2) is 67.3 Å². The molecule has 1 amide bonds. The van der Waals surface area contributed by atoms with E-state index in [2.05, 4.69) is 20.3 Å². The van der Waals surface area contributed by atoms with Gasteiger partial charge >= 0.3 is 0 Å². The molecule has 5 atom stereocenters.